The summed E-state index contributed by atoms with van der Waals surface area (Å²) in [5, 5.41) is 2.23. The lowest BCUT2D eigenvalue weighted by atomic mass is 10.0. The lowest BCUT2D eigenvalue weighted by Crippen LogP contribution is -2.02. The van der Waals surface area contributed by atoms with E-state index in [4.69, 9.17) is 8.05 Å². The molecule has 4 rings (SSSR count). The number of hydrogen-bond donors (Lipinski definition) is 0. The van der Waals surface area contributed by atoms with E-state index in [-0.39, 0.29) is 0 Å². The van der Waals surface area contributed by atoms with Gasteiger partial charge in [-0.1, -0.05) is 30.3 Å². The highest BCUT2D eigenvalue weighted by molar-refractivity contribution is 14.1. The van der Waals surface area contributed by atoms with Crippen LogP contribution >= 0.6 is 23.0 Å². The van der Waals surface area contributed by atoms with E-state index in [9.17, 15) is 0 Å². The van der Waals surface area contributed by atoms with Gasteiger partial charge in [0, 0.05) is 22.3 Å². The molecule has 3 nitrogen and oxygen atoms in total. The van der Waals surface area contributed by atoms with Gasteiger partial charge in [-0.25, -0.2) is 4.98 Å². The van der Waals surface area contributed by atoms with Gasteiger partial charge in [-0.05, 0) is 55.6 Å². The van der Waals surface area contributed by atoms with Gasteiger partial charge >= 0.3 is 0 Å². The van der Waals surface area contributed by atoms with E-state index in [1.165, 1.54) is 11.4 Å². The minimum Gasteiger partial charge on any atom is -0.427 e. The number of aryl methyl sites for hydroxylation is 2. The highest BCUT2D eigenvalue weighted by Crippen LogP contribution is 2.34. The SMILES string of the molecule is Cc1ccc(C)n1-c1cccc(-c2ccc(OI)c3ccccc23)n1. The van der Waals surface area contributed by atoms with Crippen LogP contribution in [-0.2, 0) is 0 Å². The number of fused-ring (bicyclic) bond motifs is 1. The second-order valence-corrected chi connectivity index (χ2v) is 6.51. The number of aromatic nitrogens is 2. The molecule has 0 radical (unpaired) electrons. The van der Waals surface area contributed by atoms with Crippen molar-refractivity contribution in [2.24, 2.45) is 0 Å². The van der Waals surface area contributed by atoms with Crippen LogP contribution in [0.4, 0.5) is 0 Å². The summed E-state index contributed by atoms with van der Waals surface area (Å²) in [6.07, 6.45) is 0. The molecule has 4 heteroatoms. The van der Waals surface area contributed by atoms with Gasteiger partial charge in [-0.2, -0.15) is 0 Å². The van der Waals surface area contributed by atoms with Crippen molar-refractivity contribution in [3.63, 3.8) is 0 Å². The molecule has 2 aromatic carbocycles. The van der Waals surface area contributed by atoms with Gasteiger partial charge in [0.05, 0.1) is 5.69 Å². The summed E-state index contributed by atoms with van der Waals surface area (Å²) in [7, 11) is 0. The molecular formula is C21H17IN2O. The zero-order valence-electron chi connectivity index (χ0n) is 14.0. The molecule has 2 aromatic heterocycles. The third-order valence-electron chi connectivity index (χ3n) is 4.48. The number of benzene rings is 2. The zero-order valence-corrected chi connectivity index (χ0v) is 16.2. The molecule has 25 heavy (non-hydrogen) atoms. The Bertz CT molecular complexity index is 1050. The first kappa shape index (κ1) is 16.1. The van der Waals surface area contributed by atoms with Crippen LogP contribution in [0.25, 0.3) is 27.8 Å². The number of hydrogen-bond acceptors (Lipinski definition) is 2. The molecule has 124 valence electrons. The van der Waals surface area contributed by atoms with Crippen molar-refractivity contribution in [2.45, 2.75) is 13.8 Å². The lowest BCUT2D eigenvalue weighted by Gasteiger charge is -2.12. The minimum absolute atomic E-state index is 0.869. The normalized spacial score (nSPS) is 11.0. The van der Waals surface area contributed by atoms with Crippen molar-refractivity contribution in [2.75, 3.05) is 0 Å². The van der Waals surface area contributed by atoms with Gasteiger partial charge in [-0.15, -0.1) is 0 Å². The molecule has 0 aliphatic heterocycles. The fraction of sp³-hybridized carbons (Fsp3) is 0.0952. The van der Waals surface area contributed by atoms with E-state index >= 15 is 0 Å². The Labute approximate surface area is 161 Å². The molecule has 2 heterocycles. The van der Waals surface area contributed by atoms with Crippen LogP contribution in [0.1, 0.15) is 11.4 Å². The average molecular weight is 440 g/mol. The Kier molecular flexibility index (Phi) is 4.21. The predicted molar refractivity (Wildman–Crippen MR) is 111 cm³/mol. The highest BCUT2D eigenvalue weighted by Gasteiger charge is 2.11. The van der Waals surface area contributed by atoms with Crippen LogP contribution in [0, 0.1) is 13.8 Å². The van der Waals surface area contributed by atoms with Crippen molar-refractivity contribution in [1.29, 1.82) is 0 Å². The van der Waals surface area contributed by atoms with E-state index in [2.05, 4.69) is 60.9 Å². The summed E-state index contributed by atoms with van der Waals surface area (Å²) >= 11 is 1.93. The summed E-state index contributed by atoms with van der Waals surface area (Å²) in [4.78, 5) is 4.93. The zero-order chi connectivity index (χ0) is 17.4. The lowest BCUT2D eigenvalue weighted by molar-refractivity contribution is 0.726. The van der Waals surface area contributed by atoms with Crippen LogP contribution < -0.4 is 3.07 Å². The maximum atomic E-state index is 5.48. The predicted octanol–water partition coefficient (Wildman–Crippen LogP) is 6.04. The van der Waals surface area contributed by atoms with Gasteiger partial charge in [0.25, 0.3) is 0 Å². The summed E-state index contributed by atoms with van der Waals surface area (Å²) in [5.41, 5.74) is 4.43. The summed E-state index contributed by atoms with van der Waals surface area (Å²) in [6.45, 7) is 4.20. The molecule has 0 saturated heterocycles. The highest BCUT2D eigenvalue weighted by atomic mass is 127. The first-order valence-corrected chi connectivity index (χ1v) is 9.00. The monoisotopic (exact) mass is 440 g/mol. The van der Waals surface area contributed by atoms with Crippen molar-refractivity contribution >= 4 is 33.8 Å². The molecule has 0 amide bonds. The van der Waals surface area contributed by atoms with Crippen LogP contribution in [-0.4, -0.2) is 9.55 Å². The topological polar surface area (TPSA) is 27.1 Å². The quantitative estimate of drug-likeness (QED) is 0.364. The largest absolute Gasteiger partial charge is 0.427 e. The molecule has 0 aliphatic rings. The Morgan fingerprint density at radius 2 is 1.52 bits per heavy atom. The Balaban J connectivity index is 1.92. The van der Waals surface area contributed by atoms with Crippen molar-refractivity contribution in [3.05, 3.63) is 78.1 Å². The molecule has 0 N–H and O–H groups in total. The van der Waals surface area contributed by atoms with E-state index in [0.29, 0.717) is 0 Å². The second kappa shape index (κ2) is 6.52. The van der Waals surface area contributed by atoms with Crippen molar-refractivity contribution in [3.8, 4) is 22.8 Å². The van der Waals surface area contributed by atoms with E-state index in [0.717, 1.165) is 33.6 Å². The molecule has 0 aliphatic carbocycles. The number of rotatable bonds is 3. The number of halogens is 1. The van der Waals surface area contributed by atoms with Crippen molar-refractivity contribution < 1.29 is 3.07 Å². The van der Waals surface area contributed by atoms with E-state index < -0.39 is 0 Å². The fourth-order valence-electron chi connectivity index (χ4n) is 3.29. The first-order valence-electron chi connectivity index (χ1n) is 8.12. The van der Waals surface area contributed by atoms with Crippen LogP contribution in [0.2, 0.25) is 0 Å². The summed E-state index contributed by atoms with van der Waals surface area (Å²) < 4.78 is 7.65. The van der Waals surface area contributed by atoms with Gasteiger partial charge in [0.15, 0.2) is 23.0 Å². The second-order valence-electron chi connectivity index (χ2n) is 6.07. The van der Waals surface area contributed by atoms with Gasteiger partial charge in [0.2, 0.25) is 0 Å². The molecule has 0 unspecified atom stereocenters. The fourth-order valence-corrected chi connectivity index (χ4v) is 3.67. The van der Waals surface area contributed by atoms with Gasteiger partial charge < -0.3 is 7.63 Å². The van der Waals surface area contributed by atoms with Crippen molar-refractivity contribution in [1.82, 2.24) is 9.55 Å². The molecule has 0 spiro atoms. The summed E-state index contributed by atoms with van der Waals surface area (Å²) in [5.74, 6) is 1.81. The molecule has 0 fully saturated rings. The smallest absolute Gasteiger partial charge is 0.192 e. The van der Waals surface area contributed by atoms with E-state index in [1.807, 2.05) is 47.3 Å². The number of nitrogens with zero attached hydrogens (tertiary/aromatic N) is 2. The van der Waals surface area contributed by atoms with Crippen LogP contribution in [0.3, 0.4) is 0 Å². The average Bonchev–Trinajstić information content (AvgIpc) is 2.99. The Morgan fingerprint density at radius 1 is 0.800 bits per heavy atom. The van der Waals surface area contributed by atoms with Gasteiger partial charge in [-0.3, -0.25) is 0 Å². The molecule has 0 bridgehead atoms. The minimum atomic E-state index is 0.869. The standard InChI is InChI=1S/C21H17IN2O/c1-14-10-11-15(2)24(14)21-9-5-8-19(23-21)17-12-13-20(25-22)18-7-4-3-6-16(17)18/h3-13H,1-2H3. The maximum absolute atomic E-state index is 5.48. The maximum Gasteiger partial charge on any atom is 0.192 e. The van der Waals surface area contributed by atoms with E-state index in [1.54, 1.807) is 0 Å². The molecular weight excluding hydrogens is 423 g/mol. The molecule has 0 saturated carbocycles. The Morgan fingerprint density at radius 3 is 2.24 bits per heavy atom. The van der Waals surface area contributed by atoms with Gasteiger partial charge in [0.1, 0.15) is 11.6 Å². The summed E-state index contributed by atoms with van der Waals surface area (Å²) in [6, 6.07) is 22.8. The third kappa shape index (κ3) is 2.80. The molecule has 0 atom stereocenters. The van der Waals surface area contributed by atoms with Crippen LogP contribution in [0.15, 0.2) is 66.7 Å². The molecule has 4 aromatic rings. The number of pyridine rings is 1. The van der Waals surface area contributed by atoms with Crippen LogP contribution in [0.5, 0.6) is 5.75 Å². The Hall–Kier alpha value is -2.34. The third-order valence-corrected chi connectivity index (χ3v) is 4.95. The first-order chi connectivity index (χ1) is 12.2.